The van der Waals surface area contributed by atoms with Gasteiger partial charge in [0.05, 0.1) is 6.54 Å². The molecule has 0 radical (unpaired) electrons. The lowest BCUT2D eigenvalue weighted by Crippen LogP contribution is -2.36. The molecular weight excluding hydrogens is 247 g/mol. The van der Waals surface area contributed by atoms with Crippen molar-refractivity contribution in [1.29, 1.82) is 0 Å². The van der Waals surface area contributed by atoms with E-state index in [1.54, 1.807) is 0 Å². The van der Waals surface area contributed by atoms with Gasteiger partial charge in [0.15, 0.2) is 0 Å². The summed E-state index contributed by atoms with van der Waals surface area (Å²) < 4.78 is 12.7. The van der Waals surface area contributed by atoms with Crippen LogP contribution in [0.4, 0.5) is 10.1 Å². The first-order valence-electron chi connectivity index (χ1n) is 6.40. The zero-order valence-corrected chi connectivity index (χ0v) is 11.2. The van der Waals surface area contributed by atoms with Crippen molar-refractivity contribution in [1.82, 2.24) is 5.32 Å². The van der Waals surface area contributed by atoms with Crippen molar-refractivity contribution < 1.29 is 14.0 Å². The zero-order valence-electron chi connectivity index (χ0n) is 11.2. The summed E-state index contributed by atoms with van der Waals surface area (Å²) in [5, 5.41) is 5.17. The molecule has 0 aromatic heterocycles. The van der Waals surface area contributed by atoms with Crippen LogP contribution in [-0.4, -0.2) is 18.4 Å². The van der Waals surface area contributed by atoms with E-state index in [1.807, 2.05) is 13.8 Å². The van der Waals surface area contributed by atoms with Gasteiger partial charge < -0.3 is 10.6 Å². The Hall–Kier alpha value is -1.91. The van der Waals surface area contributed by atoms with Gasteiger partial charge in [-0.3, -0.25) is 9.59 Å². The van der Waals surface area contributed by atoms with Crippen LogP contribution >= 0.6 is 0 Å². The maximum atomic E-state index is 12.7. The molecule has 0 saturated carbocycles. The number of hydrogen-bond acceptors (Lipinski definition) is 2. The molecule has 0 spiro atoms. The molecule has 0 unspecified atom stereocenters. The Balaban J connectivity index is 2.39. The number of hydrogen-bond donors (Lipinski definition) is 2. The van der Waals surface area contributed by atoms with Crippen molar-refractivity contribution in [3.05, 3.63) is 30.1 Å². The van der Waals surface area contributed by atoms with E-state index >= 15 is 0 Å². The van der Waals surface area contributed by atoms with Crippen LogP contribution in [0.1, 0.15) is 26.7 Å². The van der Waals surface area contributed by atoms with Gasteiger partial charge in [-0.1, -0.05) is 13.8 Å². The quantitative estimate of drug-likeness (QED) is 0.830. The van der Waals surface area contributed by atoms with Crippen molar-refractivity contribution >= 4 is 17.5 Å². The van der Waals surface area contributed by atoms with Crippen LogP contribution in [0.25, 0.3) is 0 Å². The monoisotopic (exact) mass is 266 g/mol. The Bertz CT molecular complexity index is 428. The van der Waals surface area contributed by atoms with Crippen molar-refractivity contribution in [2.45, 2.75) is 26.7 Å². The van der Waals surface area contributed by atoms with E-state index in [9.17, 15) is 14.0 Å². The number of rotatable bonds is 6. The number of amides is 2. The summed E-state index contributed by atoms with van der Waals surface area (Å²) in [5.41, 5.74) is 0.503. The number of anilines is 1. The first-order chi connectivity index (χ1) is 9.06. The Morgan fingerprint density at radius 2 is 1.74 bits per heavy atom. The third-order valence-corrected chi connectivity index (χ3v) is 2.91. The van der Waals surface area contributed by atoms with Crippen molar-refractivity contribution in [2.24, 2.45) is 5.92 Å². The number of nitrogens with one attached hydrogen (secondary N) is 2. The predicted octanol–water partition coefficient (Wildman–Crippen LogP) is 2.32. The summed E-state index contributed by atoms with van der Waals surface area (Å²) in [6.45, 7) is 3.80. The van der Waals surface area contributed by atoms with Crippen LogP contribution in [-0.2, 0) is 9.59 Å². The molecule has 1 rings (SSSR count). The highest BCUT2D eigenvalue weighted by Gasteiger charge is 2.14. The van der Waals surface area contributed by atoms with Gasteiger partial charge in [0.2, 0.25) is 11.8 Å². The largest absolute Gasteiger partial charge is 0.347 e. The Morgan fingerprint density at radius 1 is 1.16 bits per heavy atom. The molecule has 1 aromatic rings. The van der Waals surface area contributed by atoms with Gasteiger partial charge in [-0.25, -0.2) is 4.39 Å². The highest BCUT2D eigenvalue weighted by molar-refractivity contribution is 5.94. The first-order valence-corrected chi connectivity index (χ1v) is 6.40. The van der Waals surface area contributed by atoms with Gasteiger partial charge in [-0.2, -0.15) is 0 Å². The molecule has 0 bridgehead atoms. The topological polar surface area (TPSA) is 58.2 Å². The Labute approximate surface area is 112 Å². The van der Waals surface area contributed by atoms with Gasteiger partial charge in [0, 0.05) is 11.6 Å². The SMILES string of the molecule is CCC(CC)C(=O)NCC(=O)Nc1ccc(F)cc1. The van der Waals surface area contributed by atoms with Crippen LogP contribution < -0.4 is 10.6 Å². The van der Waals surface area contributed by atoms with E-state index in [1.165, 1.54) is 24.3 Å². The zero-order chi connectivity index (χ0) is 14.3. The summed E-state index contributed by atoms with van der Waals surface area (Å²) in [7, 11) is 0. The second kappa shape index (κ2) is 7.51. The standard InChI is InChI=1S/C14H19FN2O2/c1-3-10(4-2)14(19)16-9-13(18)17-12-7-5-11(15)6-8-12/h5-8,10H,3-4,9H2,1-2H3,(H,16,19)(H,17,18). The molecule has 0 aliphatic rings. The number of carbonyl (C=O) groups is 2. The second-order valence-electron chi connectivity index (χ2n) is 4.29. The molecule has 19 heavy (non-hydrogen) atoms. The molecule has 0 aliphatic carbocycles. The summed E-state index contributed by atoms with van der Waals surface area (Å²) >= 11 is 0. The summed E-state index contributed by atoms with van der Waals surface area (Å²) in [5.74, 6) is -0.858. The lowest BCUT2D eigenvalue weighted by molar-refractivity contribution is -0.127. The van der Waals surface area contributed by atoms with Gasteiger partial charge in [0.1, 0.15) is 5.82 Å². The molecule has 2 N–H and O–H groups in total. The molecule has 4 nitrogen and oxygen atoms in total. The fraction of sp³-hybridized carbons (Fsp3) is 0.429. The minimum absolute atomic E-state index is 0.0568. The molecule has 5 heteroatoms. The smallest absolute Gasteiger partial charge is 0.243 e. The highest BCUT2D eigenvalue weighted by atomic mass is 19.1. The van der Waals surface area contributed by atoms with Gasteiger partial charge >= 0.3 is 0 Å². The highest BCUT2D eigenvalue weighted by Crippen LogP contribution is 2.08. The van der Waals surface area contributed by atoms with Crippen molar-refractivity contribution in [2.75, 3.05) is 11.9 Å². The minimum Gasteiger partial charge on any atom is -0.347 e. The van der Waals surface area contributed by atoms with E-state index < -0.39 is 0 Å². The third-order valence-electron chi connectivity index (χ3n) is 2.91. The average Bonchev–Trinajstić information content (AvgIpc) is 2.40. The van der Waals surface area contributed by atoms with E-state index in [0.717, 1.165) is 12.8 Å². The van der Waals surface area contributed by atoms with E-state index in [4.69, 9.17) is 0 Å². The molecule has 1 aromatic carbocycles. The first kappa shape index (κ1) is 15.1. The lowest BCUT2D eigenvalue weighted by Gasteiger charge is -2.12. The van der Waals surface area contributed by atoms with Crippen LogP contribution in [0.3, 0.4) is 0 Å². The van der Waals surface area contributed by atoms with Gasteiger partial charge in [-0.15, -0.1) is 0 Å². The van der Waals surface area contributed by atoms with Crippen LogP contribution in [0.2, 0.25) is 0 Å². The molecule has 0 heterocycles. The maximum Gasteiger partial charge on any atom is 0.243 e. The number of halogens is 1. The molecule has 0 aliphatic heterocycles. The molecule has 0 saturated heterocycles. The van der Waals surface area contributed by atoms with Crippen LogP contribution in [0, 0.1) is 11.7 Å². The normalized spacial score (nSPS) is 10.3. The molecule has 0 fully saturated rings. The molecule has 2 amide bonds. The fourth-order valence-electron chi connectivity index (χ4n) is 1.71. The molecular formula is C14H19FN2O2. The predicted molar refractivity (Wildman–Crippen MR) is 72.1 cm³/mol. The second-order valence-corrected chi connectivity index (χ2v) is 4.29. The number of benzene rings is 1. The third kappa shape index (κ3) is 5.07. The molecule has 104 valence electrons. The van der Waals surface area contributed by atoms with Crippen LogP contribution in [0.5, 0.6) is 0 Å². The number of carbonyl (C=O) groups excluding carboxylic acids is 2. The summed E-state index contributed by atoms with van der Waals surface area (Å²) in [6, 6.07) is 5.46. The molecule has 0 atom stereocenters. The van der Waals surface area contributed by atoms with E-state index in [0.29, 0.717) is 5.69 Å². The Kier molecular flexibility index (Phi) is 5.99. The average molecular weight is 266 g/mol. The van der Waals surface area contributed by atoms with E-state index in [2.05, 4.69) is 10.6 Å². The van der Waals surface area contributed by atoms with Crippen molar-refractivity contribution in [3.63, 3.8) is 0 Å². The minimum atomic E-state index is -0.361. The van der Waals surface area contributed by atoms with Crippen molar-refractivity contribution in [3.8, 4) is 0 Å². The van der Waals surface area contributed by atoms with Crippen LogP contribution in [0.15, 0.2) is 24.3 Å². The fourth-order valence-corrected chi connectivity index (χ4v) is 1.71. The maximum absolute atomic E-state index is 12.7. The lowest BCUT2D eigenvalue weighted by atomic mass is 10.0. The van der Waals surface area contributed by atoms with E-state index in [-0.39, 0.29) is 30.1 Å². The van der Waals surface area contributed by atoms with Gasteiger partial charge in [-0.05, 0) is 37.1 Å². The summed E-state index contributed by atoms with van der Waals surface area (Å²) in [6.07, 6.45) is 1.50. The van der Waals surface area contributed by atoms with Gasteiger partial charge in [0.25, 0.3) is 0 Å². The summed E-state index contributed by atoms with van der Waals surface area (Å²) in [4.78, 5) is 23.2. The Morgan fingerprint density at radius 3 is 2.26 bits per heavy atom.